The lowest BCUT2D eigenvalue weighted by molar-refractivity contribution is 0.0963. The summed E-state index contributed by atoms with van der Waals surface area (Å²) in [5.74, 6) is 0.294. The highest BCUT2D eigenvalue weighted by Gasteiger charge is 2.23. The molecule has 1 heterocycles. The van der Waals surface area contributed by atoms with Gasteiger partial charge in [0.25, 0.3) is 0 Å². The topological polar surface area (TPSA) is 100 Å². The minimum atomic E-state index is -0.733. The number of hydrogen-bond acceptors (Lipinski definition) is 4. The van der Waals surface area contributed by atoms with Crippen LogP contribution in [-0.2, 0) is 4.74 Å². The average Bonchev–Trinajstić information content (AvgIpc) is 2.61. The maximum absolute atomic E-state index is 11.7. The van der Waals surface area contributed by atoms with Gasteiger partial charge >= 0.3 is 6.09 Å². The van der Waals surface area contributed by atoms with E-state index >= 15 is 0 Å². The molecule has 1 aliphatic rings. The molecule has 0 radical (unpaired) electrons. The van der Waals surface area contributed by atoms with Gasteiger partial charge in [-0.1, -0.05) is 23.7 Å². The summed E-state index contributed by atoms with van der Waals surface area (Å²) in [6.07, 6.45) is 0.542. The van der Waals surface area contributed by atoms with Crippen LogP contribution < -0.4 is 11.1 Å². The molecule has 1 unspecified atom stereocenters. The van der Waals surface area contributed by atoms with Gasteiger partial charge < -0.3 is 25.8 Å². The molecule has 1 aromatic rings. The van der Waals surface area contributed by atoms with Crippen LogP contribution in [0.2, 0.25) is 5.02 Å². The lowest BCUT2D eigenvalue weighted by Gasteiger charge is -2.31. The van der Waals surface area contributed by atoms with Crippen LogP contribution in [0, 0.1) is 0 Å². The summed E-state index contributed by atoms with van der Waals surface area (Å²) in [7, 11) is 0. The minimum Gasteiger partial charge on any atom is -0.450 e. The molecule has 7 nitrogen and oxygen atoms in total. The number of carbonyl (C=O) groups excluding carboxylic acids is 1. The average molecular weight is 369 g/mol. The summed E-state index contributed by atoms with van der Waals surface area (Å²) in [6.45, 7) is 3.59. The predicted octanol–water partition coefficient (Wildman–Crippen LogP) is 1.90. The van der Waals surface area contributed by atoms with E-state index in [-0.39, 0.29) is 18.7 Å². The first-order chi connectivity index (χ1) is 12.0. The number of rotatable bonds is 5. The van der Waals surface area contributed by atoms with Crippen LogP contribution in [-0.4, -0.2) is 54.3 Å². The summed E-state index contributed by atoms with van der Waals surface area (Å²) in [5.41, 5.74) is 6.64. The molecule has 0 aliphatic carbocycles. The Labute approximate surface area is 152 Å². The Morgan fingerprint density at radius 1 is 1.44 bits per heavy atom. The Morgan fingerprint density at radius 2 is 2.08 bits per heavy atom. The fraction of sp³-hybridized carbons (Fsp3) is 0.529. The number of nitrogens with one attached hydrogen (secondary N) is 1. The normalized spacial score (nSPS) is 17.2. The van der Waals surface area contributed by atoms with E-state index in [1.807, 2.05) is 0 Å². The third-order valence-corrected chi connectivity index (χ3v) is 4.31. The number of piperidine rings is 1. The van der Waals surface area contributed by atoms with Crippen LogP contribution in [0.5, 0.6) is 0 Å². The zero-order valence-electron chi connectivity index (χ0n) is 14.3. The molecule has 138 valence electrons. The molecule has 1 atom stereocenters. The van der Waals surface area contributed by atoms with Crippen molar-refractivity contribution in [3.63, 3.8) is 0 Å². The van der Waals surface area contributed by atoms with Gasteiger partial charge in [0, 0.05) is 24.2 Å². The molecule has 0 spiro atoms. The maximum Gasteiger partial charge on any atom is 0.409 e. The highest BCUT2D eigenvalue weighted by Crippen LogP contribution is 2.16. The number of benzene rings is 1. The van der Waals surface area contributed by atoms with E-state index in [0.717, 1.165) is 18.4 Å². The number of aliphatic hydroxyl groups excluding tert-OH is 1. The zero-order valence-corrected chi connectivity index (χ0v) is 15.1. The number of halogens is 1. The lowest BCUT2D eigenvalue weighted by atomic mass is 10.1. The van der Waals surface area contributed by atoms with Crippen molar-refractivity contribution in [1.82, 2.24) is 10.2 Å². The van der Waals surface area contributed by atoms with Crippen molar-refractivity contribution in [3.8, 4) is 0 Å². The zero-order chi connectivity index (χ0) is 18.2. The van der Waals surface area contributed by atoms with Crippen molar-refractivity contribution in [2.45, 2.75) is 31.9 Å². The first-order valence-corrected chi connectivity index (χ1v) is 8.79. The first-order valence-electron chi connectivity index (χ1n) is 8.41. The Balaban J connectivity index is 1.76. The van der Waals surface area contributed by atoms with Crippen LogP contribution >= 0.6 is 11.6 Å². The number of likely N-dealkylation sites (tertiary alicyclic amines) is 1. The quantitative estimate of drug-likeness (QED) is 0.544. The highest BCUT2D eigenvalue weighted by atomic mass is 35.5. The number of nitrogens with two attached hydrogens (primary N) is 1. The molecule has 1 aromatic carbocycles. The molecule has 0 aromatic heterocycles. The standard InChI is InChI=1S/C17H25ClN4O3/c1-2-25-17(24)22-9-7-14(8-10-22)21-16(19)20-11-15(23)12-3-5-13(18)6-4-12/h3-6,14-15,23H,2,7-11H2,1H3,(H3,19,20,21). The third kappa shape index (κ3) is 6.10. The van der Waals surface area contributed by atoms with Gasteiger partial charge in [0.2, 0.25) is 0 Å². The van der Waals surface area contributed by atoms with E-state index < -0.39 is 6.10 Å². The van der Waals surface area contributed by atoms with E-state index in [2.05, 4.69) is 10.3 Å². The van der Waals surface area contributed by atoms with Crippen molar-refractivity contribution >= 4 is 23.7 Å². The second-order valence-electron chi connectivity index (χ2n) is 5.90. The molecule has 25 heavy (non-hydrogen) atoms. The number of ether oxygens (including phenoxy) is 1. The van der Waals surface area contributed by atoms with E-state index in [0.29, 0.717) is 30.7 Å². The van der Waals surface area contributed by atoms with Crippen molar-refractivity contribution < 1.29 is 14.6 Å². The van der Waals surface area contributed by atoms with E-state index in [1.54, 1.807) is 36.1 Å². The Hall–Kier alpha value is -1.99. The Kier molecular flexibility index (Phi) is 7.33. The summed E-state index contributed by atoms with van der Waals surface area (Å²) in [6, 6.07) is 7.13. The number of aliphatic hydroxyl groups is 1. The third-order valence-electron chi connectivity index (χ3n) is 4.06. The molecule has 8 heteroatoms. The second-order valence-corrected chi connectivity index (χ2v) is 6.33. The van der Waals surface area contributed by atoms with Crippen molar-refractivity contribution in [2.75, 3.05) is 26.2 Å². The fourth-order valence-corrected chi connectivity index (χ4v) is 2.78. The van der Waals surface area contributed by atoms with E-state index in [4.69, 9.17) is 22.1 Å². The van der Waals surface area contributed by atoms with Gasteiger partial charge in [0.1, 0.15) is 0 Å². The molecule has 1 amide bonds. The first kappa shape index (κ1) is 19.3. The SMILES string of the molecule is CCOC(=O)N1CCC(NC(N)=NCC(O)c2ccc(Cl)cc2)CC1. The second kappa shape index (κ2) is 9.48. The maximum atomic E-state index is 11.7. The number of carbonyl (C=O) groups is 1. The van der Waals surface area contributed by atoms with Crippen LogP contribution in [0.4, 0.5) is 4.79 Å². The molecule has 0 saturated carbocycles. The fourth-order valence-electron chi connectivity index (χ4n) is 2.65. The number of aliphatic imine (C=N–C) groups is 1. The van der Waals surface area contributed by atoms with Gasteiger partial charge in [0.05, 0.1) is 19.3 Å². The molecular formula is C17H25ClN4O3. The number of hydrogen-bond donors (Lipinski definition) is 3. The van der Waals surface area contributed by atoms with Gasteiger partial charge in [0.15, 0.2) is 5.96 Å². The summed E-state index contributed by atoms with van der Waals surface area (Å²) in [5, 5.41) is 13.9. The summed E-state index contributed by atoms with van der Waals surface area (Å²) < 4.78 is 4.99. The van der Waals surface area contributed by atoms with Crippen LogP contribution in [0.3, 0.4) is 0 Å². The van der Waals surface area contributed by atoms with Gasteiger partial charge in [-0.05, 0) is 37.5 Å². The van der Waals surface area contributed by atoms with Crippen LogP contribution in [0.15, 0.2) is 29.3 Å². The number of guanidine groups is 1. The summed E-state index contributed by atoms with van der Waals surface area (Å²) >= 11 is 5.83. The number of nitrogens with zero attached hydrogens (tertiary/aromatic N) is 2. The molecular weight excluding hydrogens is 344 g/mol. The largest absolute Gasteiger partial charge is 0.450 e. The monoisotopic (exact) mass is 368 g/mol. The molecule has 1 fully saturated rings. The van der Waals surface area contributed by atoms with Crippen LogP contribution in [0.1, 0.15) is 31.4 Å². The van der Waals surface area contributed by atoms with Crippen molar-refractivity contribution in [3.05, 3.63) is 34.9 Å². The number of amides is 1. The van der Waals surface area contributed by atoms with Gasteiger partial charge in [-0.2, -0.15) is 0 Å². The molecule has 1 aliphatic heterocycles. The smallest absolute Gasteiger partial charge is 0.409 e. The van der Waals surface area contributed by atoms with Gasteiger partial charge in [-0.25, -0.2) is 4.79 Å². The molecule has 4 N–H and O–H groups in total. The van der Waals surface area contributed by atoms with Crippen molar-refractivity contribution in [2.24, 2.45) is 10.7 Å². The minimum absolute atomic E-state index is 0.155. The predicted molar refractivity (Wildman–Crippen MR) is 97.7 cm³/mol. The van der Waals surface area contributed by atoms with Gasteiger partial charge in [-0.15, -0.1) is 0 Å². The summed E-state index contributed by atoms with van der Waals surface area (Å²) in [4.78, 5) is 17.5. The molecule has 0 bridgehead atoms. The molecule has 1 saturated heterocycles. The van der Waals surface area contributed by atoms with E-state index in [9.17, 15) is 9.90 Å². The Morgan fingerprint density at radius 3 is 2.68 bits per heavy atom. The van der Waals surface area contributed by atoms with Crippen molar-refractivity contribution in [1.29, 1.82) is 0 Å². The van der Waals surface area contributed by atoms with Gasteiger partial charge in [-0.3, -0.25) is 4.99 Å². The Bertz CT molecular complexity index is 586. The highest BCUT2D eigenvalue weighted by molar-refractivity contribution is 6.30. The van der Waals surface area contributed by atoms with Crippen LogP contribution in [0.25, 0.3) is 0 Å². The lowest BCUT2D eigenvalue weighted by Crippen LogP contribution is -2.48. The van der Waals surface area contributed by atoms with E-state index in [1.165, 1.54) is 0 Å². The molecule has 2 rings (SSSR count).